The summed E-state index contributed by atoms with van der Waals surface area (Å²) in [4.78, 5) is 12.8. The van der Waals surface area contributed by atoms with Gasteiger partial charge in [0.1, 0.15) is 0 Å². The average molecular weight is 387 g/mol. The van der Waals surface area contributed by atoms with Crippen molar-refractivity contribution in [3.8, 4) is 0 Å². The second-order valence-corrected chi connectivity index (χ2v) is 7.99. The van der Waals surface area contributed by atoms with Gasteiger partial charge < -0.3 is 10.0 Å². The number of benzene rings is 1. The minimum Gasteiger partial charge on any atom is -0.481 e. The van der Waals surface area contributed by atoms with Crippen LogP contribution in [0.15, 0.2) is 18.2 Å². The van der Waals surface area contributed by atoms with Crippen molar-refractivity contribution < 1.29 is 27.5 Å². The van der Waals surface area contributed by atoms with E-state index >= 15 is 0 Å². The first kappa shape index (κ1) is 20.0. The summed E-state index contributed by atoms with van der Waals surface area (Å²) in [5.74, 6) is -0.512. The van der Waals surface area contributed by atoms with Gasteiger partial charge in [0.2, 0.25) is 0 Å². The Balaban J connectivity index is 1.65. The molecule has 0 bridgehead atoms. The highest BCUT2D eigenvalue weighted by Gasteiger charge is 2.38. The Bertz CT molecular complexity index is 636. The smallest absolute Gasteiger partial charge is 0.303 e. The van der Waals surface area contributed by atoms with Crippen LogP contribution in [-0.2, 0) is 4.79 Å². The molecule has 0 aromatic heterocycles. The maximum absolute atomic E-state index is 13.1. The standard InChI is InChI=1S/C20H25F4NO2/c21-18(22)14-10-15(19(23)24)12-16(11-14)25-7-5-20(6-8-25)3-1-13(2-4-20)9-17(26)27/h10-13,18-19H,1-9H2,(H,26,27). The summed E-state index contributed by atoms with van der Waals surface area (Å²) >= 11 is 0. The van der Waals surface area contributed by atoms with E-state index in [-0.39, 0.29) is 28.9 Å². The number of nitrogens with zero attached hydrogens (tertiary/aromatic N) is 1. The fraction of sp³-hybridized carbons (Fsp3) is 0.650. The lowest BCUT2D eigenvalue weighted by atomic mass is 9.65. The molecule has 1 aromatic rings. The minimum atomic E-state index is -2.77. The van der Waals surface area contributed by atoms with Gasteiger partial charge in [-0.15, -0.1) is 0 Å². The molecule has 1 saturated carbocycles. The molecule has 1 spiro atoms. The lowest BCUT2D eigenvalue weighted by Gasteiger charge is -2.46. The molecule has 0 atom stereocenters. The number of carboxylic acid groups (broad SMARTS) is 1. The van der Waals surface area contributed by atoms with Gasteiger partial charge in [0.25, 0.3) is 12.9 Å². The molecule has 150 valence electrons. The van der Waals surface area contributed by atoms with Crippen molar-refractivity contribution >= 4 is 11.7 Å². The zero-order chi connectivity index (χ0) is 19.6. The fourth-order valence-electron chi connectivity index (χ4n) is 4.57. The number of hydrogen-bond donors (Lipinski definition) is 1. The van der Waals surface area contributed by atoms with Gasteiger partial charge in [-0.1, -0.05) is 0 Å². The Kier molecular flexibility index (Phi) is 5.96. The summed E-state index contributed by atoms with van der Waals surface area (Å²) in [6, 6.07) is 3.52. The number of piperidine rings is 1. The van der Waals surface area contributed by atoms with Crippen molar-refractivity contribution in [2.75, 3.05) is 18.0 Å². The molecule has 7 heteroatoms. The van der Waals surface area contributed by atoms with Gasteiger partial charge in [0.15, 0.2) is 0 Å². The van der Waals surface area contributed by atoms with Crippen molar-refractivity contribution in [2.45, 2.75) is 57.8 Å². The molecule has 3 nitrogen and oxygen atoms in total. The Morgan fingerprint density at radius 3 is 1.96 bits per heavy atom. The first-order valence-corrected chi connectivity index (χ1v) is 9.46. The SMILES string of the molecule is O=C(O)CC1CCC2(CC1)CCN(c1cc(C(F)F)cc(C(F)F)c1)CC2. The number of hydrogen-bond acceptors (Lipinski definition) is 2. The van der Waals surface area contributed by atoms with E-state index in [1.165, 1.54) is 12.1 Å². The zero-order valence-corrected chi connectivity index (χ0v) is 15.1. The lowest BCUT2D eigenvalue weighted by molar-refractivity contribution is -0.138. The molecule has 0 radical (unpaired) electrons. The Hall–Kier alpha value is -1.79. The lowest BCUT2D eigenvalue weighted by Crippen LogP contribution is -2.42. The van der Waals surface area contributed by atoms with Crippen molar-refractivity contribution in [1.82, 2.24) is 0 Å². The molecule has 0 amide bonds. The molecule has 1 N–H and O–H groups in total. The third-order valence-electron chi connectivity index (χ3n) is 6.28. The van der Waals surface area contributed by atoms with Crippen LogP contribution in [0, 0.1) is 11.3 Å². The van der Waals surface area contributed by atoms with E-state index in [1.54, 1.807) is 0 Å². The normalized spacial score (nSPS) is 20.6. The monoisotopic (exact) mass is 387 g/mol. The first-order valence-electron chi connectivity index (χ1n) is 9.46. The van der Waals surface area contributed by atoms with Crippen LogP contribution in [0.25, 0.3) is 0 Å². The first-order chi connectivity index (χ1) is 12.8. The van der Waals surface area contributed by atoms with E-state index in [2.05, 4.69) is 0 Å². The summed E-state index contributed by atoms with van der Waals surface area (Å²) in [6.45, 7) is 1.30. The van der Waals surface area contributed by atoms with E-state index in [4.69, 9.17) is 5.11 Å². The van der Waals surface area contributed by atoms with Gasteiger partial charge >= 0.3 is 5.97 Å². The van der Waals surface area contributed by atoms with E-state index in [1.807, 2.05) is 4.90 Å². The highest BCUT2D eigenvalue weighted by atomic mass is 19.3. The summed E-state index contributed by atoms with van der Waals surface area (Å²) in [7, 11) is 0. The Labute approximate surface area is 156 Å². The van der Waals surface area contributed by atoms with Gasteiger partial charge in [-0.25, -0.2) is 17.6 Å². The Morgan fingerprint density at radius 2 is 1.52 bits per heavy atom. The van der Waals surface area contributed by atoms with Crippen LogP contribution in [0.4, 0.5) is 23.2 Å². The molecule has 1 saturated heterocycles. The number of carbonyl (C=O) groups is 1. The summed E-state index contributed by atoms with van der Waals surface area (Å²) in [5, 5.41) is 8.94. The number of halogens is 4. The van der Waals surface area contributed by atoms with Crippen LogP contribution in [-0.4, -0.2) is 24.2 Å². The minimum absolute atomic E-state index is 0.178. The zero-order valence-electron chi connectivity index (χ0n) is 15.1. The largest absolute Gasteiger partial charge is 0.481 e. The summed E-state index contributed by atoms with van der Waals surface area (Å²) < 4.78 is 52.3. The van der Waals surface area contributed by atoms with E-state index in [9.17, 15) is 22.4 Å². The summed E-state index contributed by atoms with van der Waals surface area (Å²) in [5.41, 5.74) is -0.107. The second-order valence-electron chi connectivity index (χ2n) is 7.99. The number of carboxylic acids is 1. The number of aliphatic carboxylic acids is 1. The van der Waals surface area contributed by atoms with Gasteiger partial charge in [-0.05, 0) is 68.1 Å². The van der Waals surface area contributed by atoms with Gasteiger partial charge in [0.05, 0.1) is 0 Å². The molecule has 2 aliphatic rings. The molecule has 2 fully saturated rings. The molecule has 1 aliphatic heterocycles. The molecule has 0 unspecified atom stereocenters. The second kappa shape index (κ2) is 8.07. The van der Waals surface area contributed by atoms with Crippen molar-refractivity contribution in [1.29, 1.82) is 0 Å². The van der Waals surface area contributed by atoms with Crippen molar-refractivity contribution in [2.24, 2.45) is 11.3 Å². The number of rotatable bonds is 5. The molecular formula is C20H25F4NO2. The highest BCUT2D eigenvalue weighted by Crippen LogP contribution is 2.47. The quantitative estimate of drug-likeness (QED) is 0.648. The van der Waals surface area contributed by atoms with Crippen LogP contribution >= 0.6 is 0 Å². The van der Waals surface area contributed by atoms with E-state index in [0.717, 1.165) is 44.6 Å². The molecule has 1 aromatic carbocycles. The predicted octanol–water partition coefficient (Wildman–Crippen LogP) is 5.81. The van der Waals surface area contributed by atoms with Crippen LogP contribution < -0.4 is 4.90 Å². The molecular weight excluding hydrogens is 362 g/mol. The molecule has 1 aliphatic carbocycles. The third kappa shape index (κ3) is 4.74. The molecule has 1 heterocycles. The summed E-state index contributed by atoms with van der Waals surface area (Å²) in [6.07, 6.45) is 0.220. The maximum atomic E-state index is 13.1. The molecule has 27 heavy (non-hydrogen) atoms. The fourth-order valence-corrected chi connectivity index (χ4v) is 4.57. The van der Waals surface area contributed by atoms with Crippen LogP contribution in [0.5, 0.6) is 0 Å². The van der Waals surface area contributed by atoms with Crippen LogP contribution in [0.3, 0.4) is 0 Å². The third-order valence-corrected chi connectivity index (χ3v) is 6.28. The van der Waals surface area contributed by atoms with E-state index < -0.39 is 18.8 Å². The van der Waals surface area contributed by atoms with Gasteiger partial charge in [-0.2, -0.15) is 0 Å². The van der Waals surface area contributed by atoms with Gasteiger partial charge in [0, 0.05) is 36.3 Å². The van der Waals surface area contributed by atoms with Crippen LogP contribution in [0.1, 0.15) is 68.9 Å². The number of anilines is 1. The van der Waals surface area contributed by atoms with E-state index in [0.29, 0.717) is 18.8 Å². The van der Waals surface area contributed by atoms with Crippen molar-refractivity contribution in [3.05, 3.63) is 29.3 Å². The van der Waals surface area contributed by atoms with Crippen LogP contribution in [0.2, 0.25) is 0 Å². The number of alkyl halides is 4. The predicted molar refractivity (Wildman–Crippen MR) is 94.4 cm³/mol. The topological polar surface area (TPSA) is 40.5 Å². The maximum Gasteiger partial charge on any atom is 0.303 e. The van der Waals surface area contributed by atoms with Gasteiger partial charge in [-0.3, -0.25) is 4.79 Å². The molecule has 3 rings (SSSR count). The highest BCUT2D eigenvalue weighted by molar-refractivity contribution is 5.67. The Morgan fingerprint density at radius 1 is 1.00 bits per heavy atom. The van der Waals surface area contributed by atoms with Crippen molar-refractivity contribution in [3.63, 3.8) is 0 Å². The average Bonchev–Trinajstić information content (AvgIpc) is 2.63.